The molecule has 0 spiro atoms. The largest absolute Gasteiger partial charge is 0.368 e. The van der Waals surface area contributed by atoms with Gasteiger partial charge in [0.2, 0.25) is 5.91 Å². The van der Waals surface area contributed by atoms with E-state index in [1.54, 1.807) is 0 Å². The maximum Gasteiger partial charge on any atom is 0.238 e. The molecule has 0 aromatic heterocycles. The van der Waals surface area contributed by atoms with E-state index in [-0.39, 0.29) is 11.2 Å². The molecule has 3 N–H and O–H groups in total. The average Bonchev–Trinajstić information content (AvgIpc) is 2.21. The van der Waals surface area contributed by atoms with Crippen molar-refractivity contribution in [1.29, 1.82) is 0 Å². The Hall–Kier alpha value is -0.220. The second kappa shape index (κ2) is 5.21. The van der Waals surface area contributed by atoms with Gasteiger partial charge in [-0.3, -0.25) is 10.1 Å². The van der Waals surface area contributed by atoms with Gasteiger partial charge in [-0.1, -0.05) is 13.8 Å². The van der Waals surface area contributed by atoms with Crippen LogP contribution in [0.4, 0.5) is 0 Å². The van der Waals surface area contributed by atoms with E-state index < -0.39 is 5.54 Å². The van der Waals surface area contributed by atoms with Crippen molar-refractivity contribution in [2.75, 3.05) is 5.75 Å². The number of rotatable bonds is 4. The highest BCUT2D eigenvalue weighted by Crippen LogP contribution is 2.34. The molecule has 1 rings (SSSR count). The first kappa shape index (κ1) is 12.8. The monoisotopic (exact) mass is 230 g/mol. The minimum Gasteiger partial charge on any atom is -0.368 e. The summed E-state index contributed by atoms with van der Waals surface area (Å²) in [6, 6.07) is 0.346. The van der Waals surface area contributed by atoms with Crippen LogP contribution in [0.15, 0.2) is 0 Å². The Morgan fingerprint density at radius 1 is 1.73 bits per heavy atom. The van der Waals surface area contributed by atoms with Crippen molar-refractivity contribution in [1.82, 2.24) is 5.32 Å². The van der Waals surface area contributed by atoms with Crippen LogP contribution in [0.25, 0.3) is 0 Å². The summed E-state index contributed by atoms with van der Waals surface area (Å²) in [6.07, 6.45) is 2.97. The number of thioether (sulfide) groups is 1. The molecule has 15 heavy (non-hydrogen) atoms. The number of hydrogen-bond donors (Lipinski definition) is 2. The summed E-state index contributed by atoms with van der Waals surface area (Å²) in [6.45, 7) is 6.33. The predicted octanol–water partition coefficient (Wildman–Crippen LogP) is 1.51. The molecule has 0 aromatic rings. The van der Waals surface area contributed by atoms with Crippen LogP contribution in [0.2, 0.25) is 0 Å². The molecule has 3 nitrogen and oxygen atoms in total. The highest BCUT2D eigenvalue weighted by molar-refractivity contribution is 8.00. The van der Waals surface area contributed by atoms with Crippen molar-refractivity contribution in [2.24, 2.45) is 5.73 Å². The zero-order valence-corrected chi connectivity index (χ0v) is 10.7. The van der Waals surface area contributed by atoms with Crippen LogP contribution in [-0.4, -0.2) is 28.5 Å². The number of carbonyl (C=O) groups excluding carboxylic acids is 1. The molecular weight excluding hydrogens is 208 g/mol. The SMILES string of the molecule is CCC(C)NC1(C(N)=O)CCCSC1C. The Balaban J connectivity index is 2.81. The fourth-order valence-electron chi connectivity index (χ4n) is 2.08. The van der Waals surface area contributed by atoms with E-state index in [4.69, 9.17) is 5.73 Å². The van der Waals surface area contributed by atoms with Crippen molar-refractivity contribution < 1.29 is 4.79 Å². The van der Waals surface area contributed by atoms with Crippen LogP contribution in [0.5, 0.6) is 0 Å². The Morgan fingerprint density at radius 2 is 2.40 bits per heavy atom. The molecule has 4 heteroatoms. The molecule has 0 saturated carbocycles. The number of nitrogens with one attached hydrogen (secondary N) is 1. The summed E-state index contributed by atoms with van der Waals surface area (Å²) in [5, 5.41) is 3.71. The van der Waals surface area contributed by atoms with E-state index in [1.165, 1.54) is 0 Å². The van der Waals surface area contributed by atoms with E-state index in [2.05, 4.69) is 26.1 Å². The van der Waals surface area contributed by atoms with E-state index >= 15 is 0 Å². The van der Waals surface area contributed by atoms with E-state index in [9.17, 15) is 4.79 Å². The van der Waals surface area contributed by atoms with Crippen LogP contribution in [0.1, 0.15) is 40.0 Å². The topological polar surface area (TPSA) is 55.1 Å². The van der Waals surface area contributed by atoms with Crippen LogP contribution < -0.4 is 11.1 Å². The first-order chi connectivity index (χ1) is 7.03. The molecule has 0 aliphatic carbocycles. The number of carbonyl (C=O) groups is 1. The van der Waals surface area contributed by atoms with Crippen LogP contribution in [0.3, 0.4) is 0 Å². The van der Waals surface area contributed by atoms with E-state index in [1.807, 2.05) is 11.8 Å². The summed E-state index contributed by atoms with van der Waals surface area (Å²) < 4.78 is 0. The van der Waals surface area contributed by atoms with Gasteiger partial charge in [0.1, 0.15) is 5.54 Å². The van der Waals surface area contributed by atoms with Crippen molar-refractivity contribution in [3.8, 4) is 0 Å². The van der Waals surface area contributed by atoms with E-state index in [0.717, 1.165) is 25.0 Å². The number of primary amides is 1. The molecule has 88 valence electrons. The molecular formula is C11H22N2OS. The third-order valence-corrected chi connectivity index (χ3v) is 4.76. The third kappa shape index (κ3) is 2.67. The summed E-state index contributed by atoms with van der Waals surface area (Å²) >= 11 is 1.84. The Kier molecular flexibility index (Phi) is 4.46. The van der Waals surface area contributed by atoms with Gasteiger partial charge in [0.25, 0.3) is 0 Å². The molecule has 1 saturated heterocycles. The molecule has 1 fully saturated rings. The first-order valence-corrected chi connectivity index (χ1v) is 6.77. The second-order valence-corrected chi connectivity index (χ2v) is 5.85. The van der Waals surface area contributed by atoms with Crippen LogP contribution in [-0.2, 0) is 4.79 Å². The lowest BCUT2D eigenvalue weighted by Crippen LogP contribution is -2.64. The molecule has 1 amide bonds. The van der Waals surface area contributed by atoms with Crippen molar-refractivity contribution in [2.45, 2.75) is 56.9 Å². The minimum absolute atomic E-state index is 0.192. The van der Waals surface area contributed by atoms with Gasteiger partial charge < -0.3 is 5.73 Å². The maximum absolute atomic E-state index is 11.7. The summed E-state index contributed by atoms with van der Waals surface area (Å²) in [5.74, 6) is 0.945. The fourth-order valence-corrected chi connectivity index (χ4v) is 3.33. The lowest BCUT2D eigenvalue weighted by atomic mass is 9.87. The molecule has 1 aliphatic rings. The van der Waals surface area contributed by atoms with Gasteiger partial charge in [0.05, 0.1) is 0 Å². The summed E-state index contributed by atoms with van der Waals surface area (Å²) in [7, 11) is 0. The third-order valence-electron chi connectivity index (χ3n) is 3.33. The predicted molar refractivity (Wildman–Crippen MR) is 66.0 cm³/mol. The van der Waals surface area contributed by atoms with Gasteiger partial charge in [-0.15, -0.1) is 0 Å². The van der Waals surface area contributed by atoms with E-state index in [0.29, 0.717) is 6.04 Å². The number of amides is 1. The van der Waals surface area contributed by atoms with Gasteiger partial charge in [-0.2, -0.15) is 11.8 Å². The highest BCUT2D eigenvalue weighted by Gasteiger charge is 2.44. The fraction of sp³-hybridized carbons (Fsp3) is 0.909. The molecule has 0 aromatic carbocycles. The number of hydrogen-bond acceptors (Lipinski definition) is 3. The van der Waals surface area contributed by atoms with Crippen LogP contribution >= 0.6 is 11.8 Å². The van der Waals surface area contributed by atoms with Crippen LogP contribution in [0, 0.1) is 0 Å². The quantitative estimate of drug-likeness (QED) is 0.770. The lowest BCUT2D eigenvalue weighted by Gasteiger charge is -2.42. The molecule has 3 atom stereocenters. The molecule has 1 aliphatic heterocycles. The molecule has 0 bridgehead atoms. The normalized spacial score (nSPS) is 33.7. The zero-order valence-electron chi connectivity index (χ0n) is 9.88. The van der Waals surface area contributed by atoms with Gasteiger partial charge in [0.15, 0.2) is 0 Å². The zero-order chi connectivity index (χ0) is 11.5. The Bertz CT molecular complexity index is 235. The van der Waals surface area contributed by atoms with Gasteiger partial charge in [-0.05, 0) is 31.9 Å². The molecule has 0 radical (unpaired) electrons. The van der Waals surface area contributed by atoms with Crippen molar-refractivity contribution in [3.63, 3.8) is 0 Å². The summed E-state index contributed by atoms with van der Waals surface area (Å²) in [4.78, 5) is 11.7. The molecule has 1 heterocycles. The van der Waals surface area contributed by atoms with Gasteiger partial charge in [-0.25, -0.2) is 0 Å². The number of nitrogens with two attached hydrogens (primary N) is 1. The molecule has 3 unspecified atom stereocenters. The van der Waals surface area contributed by atoms with Gasteiger partial charge in [0, 0.05) is 11.3 Å². The smallest absolute Gasteiger partial charge is 0.238 e. The van der Waals surface area contributed by atoms with Crippen molar-refractivity contribution >= 4 is 17.7 Å². The lowest BCUT2D eigenvalue weighted by molar-refractivity contribution is -0.125. The Labute approximate surface area is 96.6 Å². The highest BCUT2D eigenvalue weighted by atomic mass is 32.2. The maximum atomic E-state index is 11.7. The summed E-state index contributed by atoms with van der Waals surface area (Å²) in [5.41, 5.74) is 5.09. The van der Waals surface area contributed by atoms with Gasteiger partial charge >= 0.3 is 0 Å². The second-order valence-electron chi connectivity index (χ2n) is 4.41. The standard InChI is InChI=1S/C11H22N2OS/c1-4-8(2)13-11(10(12)14)6-5-7-15-9(11)3/h8-9,13H,4-7H2,1-3H3,(H2,12,14). The Morgan fingerprint density at radius 3 is 2.87 bits per heavy atom. The average molecular weight is 230 g/mol. The minimum atomic E-state index is -0.488. The first-order valence-electron chi connectivity index (χ1n) is 5.72. The van der Waals surface area contributed by atoms with Crippen molar-refractivity contribution in [3.05, 3.63) is 0 Å².